The highest BCUT2D eigenvalue weighted by atomic mass is 16.7. The molecule has 0 aromatic rings. The number of amides is 1. The first kappa shape index (κ1) is 80.4. The molecule has 11 nitrogen and oxygen atoms in total. The van der Waals surface area contributed by atoms with Crippen molar-refractivity contribution in [1.29, 1.82) is 0 Å². The third-order valence-electron chi connectivity index (χ3n) is 17.9. The van der Waals surface area contributed by atoms with E-state index >= 15 is 0 Å². The second-order valence-corrected chi connectivity index (χ2v) is 26.0. The van der Waals surface area contributed by atoms with Gasteiger partial charge < -0.3 is 45.1 Å². The molecule has 11 heteroatoms. The Bertz CT molecular complexity index is 1400. The number of ether oxygens (including phenoxy) is 3. The molecule has 84 heavy (non-hydrogen) atoms. The van der Waals surface area contributed by atoms with Crippen molar-refractivity contribution in [3.63, 3.8) is 0 Å². The van der Waals surface area contributed by atoms with Gasteiger partial charge in [-0.05, 0) is 32.1 Å². The Labute approximate surface area is 519 Å². The van der Waals surface area contributed by atoms with Gasteiger partial charge in [0.1, 0.15) is 24.4 Å². The Morgan fingerprint density at radius 1 is 0.429 bits per heavy atom. The average Bonchev–Trinajstić information content (AvgIpc) is 3.70. The fourth-order valence-electron chi connectivity index (χ4n) is 12.1. The number of carbonyl (C=O) groups excluding carboxylic acids is 2. The summed E-state index contributed by atoms with van der Waals surface area (Å²) in [5.41, 5.74) is 0. The number of carbonyl (C=O) groups is 2. The lowest BCUT2D eigenvalue weighted by molar-refractivity contribution is -0.302. The summed E-state index contributed by atoms with van der Waals surface area (Å²) in [6.07, 6.45) is 67.9. The molecule has 1 amide bonds. The normalized spacial score (nSPS) is 18.0. The van der Waals surface area contributed by atoms with Gasteiger partial charge in [0.05, 0.1) is 32.0 Å². The van der Waals surface area contributed by atoms with Crippen molar-refractivity contribution in [1.82, 2.24) is 5.32 Å². The SMILES string of the molecule is CCCCCCCCCCCC/C=C/C(O)C(COC1OC(CO)C(O)C(O)C1O)NC(=O)CCCCCCCCCCCCCCCCCCCCCCCCCCCCCCCCCCCOC(=O)CCCCCCCCCCCCC. The lowest BCUT2D eigenvalue weighted by Gasteiger charge is -2.40. The maximum Gasteiger partial charge on any atom is 0.305 e. The highest BCUT2D eigenvalue weighted by molar-refractivity contribution is 5.76. The molecule has 1 heterocycles. The van der Waals surface area contributed by atoms with E-state index in [0.29, 0.717) is 19.4 Å². The molecular formula is C73H141NO10. The van der Waals surface area contributed by atoms with E-state index in [-0.39, 0.29) is 18.5 Å². The number of allylic oxidation sites excluding steroid dienone is 1. The van der Waals surface area contributed by atoms with Crippen LogP contribution < -0.4 is 5.32 Å². The van der Waals surface area contributed by atoms with Gasteiger partial charge in [0.2, 0.25) is 5.91 Å². The number of rotatable bonds is 66. The van der Waals surface area contributed by atoms with Gasteiger partial charge in [-0.1, -0.05) is 347 Å². The maximum atomic E-state index is 13.1. The zero-order valence-corrected chi connectivity index (χ0v) is 55.4. The topological polar surface area (TPSA) is 175 Å². The quantitative estimate of drug-likeness (QED) is 0.0195. The number of esters is 1. The minimum Gasteiger partial charge on any atom is -0.466 e. The van der Waals surface area contributed by atoms with Crippen LogP contribution in [0.5, 0.6) is 0 Å². The van der Waals surface area contributed by atoms with E-state index in [0.717, 1.165) is 51.4 Å². The summed E-state index contributed by atoms with van der Waals surface area (Å²) >= 11 is 0. The van der Waals surface area contributed by atoms with Crippen LogP contribution in [-0.4, -0.2) is 100 Å². The predicted molar refractivity (Wildman–Crippen MR) is 352 cm³/mol. The number of hydrogen-bond donors (Lipinski definition) is 6. The van der Waals surface area contributed by atoms with Crippen molar-refractivity contribution in [3.8, 4) is 0 Å². The molecule has 7 atom stereocenters. The molecule has 0 aliphatic carbocycles. The van der Waals surface area contributed by atoms with Crippen LogP contribution in [0.3, 0.4) is 0 Å². The van der Waals surface area contributed by atoms with E-state index in [4.69, 9.17) is 14.2 Å². The van der Waals surface area contributed by atoms with Gasteiger partial charge in [-0.15, -0.1) is 0 Å². The monoisotopic (exact) mass is 1190 g/mol. The van der Waals surface area contributed by atoms with E-state index in [2.05, 4.69) is 19.2 Å². The zero-order valence-electron chi connectivity index (χ0n) is 55.4. The summed E-state index contributed by atoms with van der Waals surface area (Å²) < 4.78 is 16.7. The van der Waals surface area contributed by atoms with Crippen LogP contribution in [-0.2, 0) is 23.8 Å². The Balaban J connectivity index is 1.92. The molecule has 1 fully saturated rings. The number of aliphatic hydroxyl groups is 5. The average molecular weight is 1190 g/mol. The van der Waals surface area contributed by atoms with Crippen molar-refractivity contribution in [2.75, 3.05) is 19.8 Å². The van der Waals surface area contributed by atoms with Gasteiger partial charge in [0, 0.05) is 12.8 Å². The molecule has 6 N–H and O–H groups in total. The molecule has 0 radical (unpaired) electrons. The first-order chi connectivity index (χ1) is 41.2. The Morgan fingerprint density at radius 3 is 1.11 bits per heavy atom. The van der Waals surface area contributed by atoms with Crippen LogP contribution in [0.15, 0.2) is 12.2 Å². The first-order valence-corrected chi connectivity index (χ1v) is 37.0. The molecule has 1 aliphatic rings. The lowest BCUT2D eigenvalue weighted by Crippen LogP contribution is -2.60. The molecule has 1 saturated heterocycles. The van der Waals surface area contributed by atoms with Crippen LogP contribution in [0, 0.1) is 0 Å². The summed E-state index contributed by atoms with van der Waals surface area (Å²) in [5, 5.41) is 54.5. The smallest absolute Gasteiger partial charge is 0.305 e. The second kappa shape index (κ2) is 63.0. The molecule has 0 spiro atoms. The van der Waals surface area contributed by atoms with E-state index < -0.39 is 49.5 Å². The number of hydrogen-bond acceptors (Lipinski definition) is 10. The summed E-state index contributed by atoms with van der Waals surface area (Å²) in [5.74, 6) is -0.160. The second-order valence-electron chi connectivity index (χ2n) is 26.0. The van der Waals surface area contributed by atoms with Crippen molar-refractivity contribution in [2.45, 2.75) is 423 Å². The van der Waals surface area contributed by atoms with Gasteiger partial charge in [-0.2, -0.15) is 0 Å². The largest absolute Gasteiger partial charge is 0.466 e. The molecule has 7 unspecified atom stereocenters. The predicted octanol–water partition coefficient (Wildman–Crippen LogP) is 19.0. The third-order valence-corrected chi connectivity index (χ3v) is 17.9. The van der Waals surface area contributed by atoms with Crippen molar-refractivity contribution in [3.05, 3.63) is 12.2 Å². The highest BCUT2D eigenvalue weighted by Gasteiger charge is 2.44. The summed E-state index contributed by atoms with van der Waals surface area (Å²) in [6.45, 7) is 4.39. The van der Waals surface area contributed by atoms with E-state index in [1.54, 1.807) is 6.08 Å². The van der Waals surface area contributed by atoms with E-state index in [9.17, 15) is 35.1 Å². The molecule has 1 rings (SSSR count). The number of aliphatic hydroxyl groups excluding tert-OH is 5. The first-order valence-electron chi connectivity index (χ1n) is 37.0. The minimum absolute atomic E-state index is 0.0149. The fourth-order valence-corrected chi connectivity index (χ4v) is 12.1. The Morgan fingerprint density at radius 2 is 0.750 bits per heavy atom. The Kier molecular flexibility index (Phi) is 60.3. The number of nitrogens with one attached hydrogen (secondary N) is 1. The van der Waals surface area contributed by atoms with Crippen LogP contribution >= 0.6 is 0 Å². The standard InChI is InChI=1S/C73H141NO10/c1-3-5-7-9-11-13-15-40-43-47-51-55-59-66(76)65(64-83-73-72(81)71(80)70(79)67(63-75)84-73)74-68(77)60-56-52-48-44-41-37-35-33-31-29-27-25-23-21-19-17-16-18-20-22-24-26-28-30-32-34-36-38-42-46-50-54-58-62-82-69(78)61-57-53-49-45-39-14-12-10-8-6-4-2/h55,59,65-67,70-73,75-76,79-81H,3-54,56-58,60-64H2,1-2H3,(H,74,77)/b59-55+. The highest BCUT2D eigenvalue weighted by Crippen LogP contribution is 2.24. The van der Waals surface area contributed by atoms with Gasteiger partial charge in [0.15, 0.2) is 6.29 Å². The zero-order chi connectivity index (χ0) is 60.9. The Hall–Kier alpha value is -1.60. The molecular weight excluding hydrogens is 1050 g/mol. The minimum atomic E-state index is -1.57. The van der Waals surface area contributed by atoms with E-state index in [1.807, 2.05) is 6.08 Å². The summed E-state index contributed by atoms with van der Waals surface area (Å²) in [4.78, 5) is 25.1. The molecule has 498 valence electrons. The van der Waals surface area contributed by atoms with E-state index in [1.165, 1.54) is 302 Å². The van der Waals surface area contributed by atoms with Crippen molar-refractivity contribution >= 4 is 11.9 Å². The van der Waals surface area contributed by atoms with Gasteiger partial charge in [0.25, 0.3) is 0 Å². The molecule has 0 aromatic heterocycles. The molecule has 0 aromatic carbocycles. The van der Waals surface area contributed by atoms with Crippen LogP contribution in [0.1, 0.15) is 380 Å². The van der Waals surface area contributed by atoms with Crippen LogP contribution in [0.2, 0.25) is 0 Å². The summed E-state index contributed by atoms with van der Waals surface area (Å²) in [7, 11) is 0. The molecule has 0 bridgehead atoms. The van der Waals surface area contributed by atoms with Crippen molar-refractivity contribution in [2.24, 2.45) is 0 Å². The van der Waals surface area contributed by atoms with Crippen LogP contribution in [0.4, 0.5) is 0 Å². The van der Waals surface area contributed by atoms with Crippen molar-refractivity contribution < 1.29 is 49.3 Å². The lowest BCUT2D eigenvalue weighted by atomic mass is 9.99. The molecule has 1 aliphatic heterocycles. The van der Waals surface area contributed by atoms with Gasteiger partial charge in [-0.3, -0.25) is 9.59 Å². The van der Waals surface area contributed by atoms with Crippen LogP contribution in [0.25, 0.3) is 0 Å². The third kappa shape index (κ3) is 51.3. The summed E-state index contributed by atoms with van der Waals surface area (Å²) in [6, 6.07) is -0.805. The maximum absolute atomic E-state index is 13.1. The number of unbranched alkanes of at least 4 members (excludes halogenated alkanes) is 52. The van der Waals surface area contributed by atoms with Gasteiger partial charge >= 0.3 is 5.97 Å². The molecule has 0 saturated carbocycles. The van der Waals surface area contributed by atoms with Gasteiger partial charge in [-0.25, -0.2) is 0 Å². The fraction of sp³-hybridized carbons (Fsp3) is 0.945.